The van der Waals surface area contributed by atoms with Crippen LogP contribution < -0.4 is 0 Å². The Labute approximate surface area is 126 Å². The van der Waals surface area contributed by atoms with Crippen LogP contribution in [0.1, 0.15) is 47.5 Å². The van der Waals surface area contributed by atoms with Gasteiger partial charge in [0.1, 0.15) is 0 Å². The highest BCUT2D eigenvalue weighted by Gasteiger charge is 2.29. The molecular formula is C15H25ClO4. The van der Waals surface area contributed by atoms with Gasteiger partial charge in [0, 0.05) is 5.88 Å². The second-order valence-electron chi connectivity index (χ2n) is 5.07. The van der Waals surface area contributed by atoms with Gasteiger partial charge < -0.3 is 9.47 Å². The lowest BCUT2D eigenvalue weighted by molar-refractivity contribution is -0.163. The standard InChI is InChI=1S/C15H25ClO4/c1-6-12(7-8-16)9-13(14(17)19-10(2)3)15(18)20-11(4)5/h9-11,13H,6-8H2,1-5H3. The lowest BCUT2D eigenvalue weighted by Crippen LogP contribution is -2.30. The summed E-state index contributed by atoms with van der Waals surface area (Å²) in [7, 11) is 0. The Hall–Kier alpha value is -1.03. The molecule has 0 fully saturated rings. The number of hydrogen-bond acceptors (Lipinski definition) is 4. The molecule has 20 heavy (non-hydrogen) atoms. The average Bonchev–Trinajstić information content (AvgIpc) is 2.32. The van der Waals surface area contributed by atoms with Crippen LogP contribution in [-0.2, 0) is 19.1 Å². The molecule has 4 nitrogen and oxygen atoms in total. The quantitative estimate of drug-likeness (QED) is 0.298. The van der Waals surface area contributed by atoms with Crippen LogP contribution in [-0.4, -0.2) is 30.0 Å². The Morgan fingerprint density at radius 3 is 1.80 bits per heavy atom. The number of ether oxygens (including phenoxy) is 2. The Bertz CT molecular complexity index is 326. The molecule has 0 aliphatic carbocycles. The van der Waals surface area contributed by atoms with Gasteiger partial charge in [-0.15, -0.1) is 11.6 Å². The number of rotatable bonds is 8. The second-order valence-corrected chi connectivity index (χ2v) is 5.44. The van der Waals surface area contributed by atoms with E-state index in [0.717, 1.165) is 12.0 Å². The van der Waals surface area contributed by atoms with E-state index >= 15 is 0 Å². The molecule has 0 heterocycles. The summed E-state index contributed by atoms with van der Waals surface area (Å²) in [6, 6.07) is 0. The molecular weight excluding hydrogens is 280 g/mol. The van der Waals surface area contributed by atoms with Crippen molar-refractivity contribution in [2.24, 2.45) is 5.92 Å². The van der Waals surface area contributed by atoms with Crippen molar-refractivity contribution in [1.29, 1.82) is 0 Å². The Kier molecular flexibility index (Phi) is 9.30. The summed E-state index contributed by atoms with van der Waals surface area (Å²) in [5.41, 5.74) is 0.950. The third kappa shape index (κ3) is 7.53. The maximum Gasteiger partial charge on any atom is 0.324 e. The Balaban J connectivity index is 5.13. The van der Waals surface area contributed by atoms with E-state index in [4.69, 9.17) is 21.1 Å². The van der Waals surface area contributed by atoms with Crippen LogP contribution in [0.15, 0.2) is 11.6 Å². The van der Waals surface area contributed by atoms with Crippen molar-refractivity contribution in [2.45, 2.75) is 59.7 Å². The number of allylic oxidation sites excluding steroid dienone is 1. The molecule has 0 aromatic rings. The molecule has 0 rings (SSSR count). The van der Waals surface area contributed by atoms with Gasteiger partial charge in [-0.3, -0.25) is 9.59 Å². The van der Waals surface area contributed by atoms with Gasteiger partial charge in [0.15, 0.2) is 5.92 Å². The summed E-state index contributed by atoms with van der Waals surface area (Å²) in [6.45, 7) is 8.92. The van der Waals surface area contributed by atoms with Gasteiger partial charge >= 0.3 is 11.9 Å². The SMILES string of the molecule is CCC(=CC(C(=O)OC(C)C)C(=O)OC(C)C)CCCl. The van der Waals surface area contributed by atoms with Gasteiger partial charge in [-0.2, -0.15) is 0 Å². The molecule has 0 aliphatic rings. The highest BCUT2D eigenvalue weighted by Crippen LogP contribution is 2.16. The van der Waals surface area contributed by atoms with Crippen molar-refractivity contribution in [1.82, 2.24) is 0 Å². The monoisotopic (exact) mass is 304 g/mol. The average molecular weight is 305 g/mol. The molecule has 0 radical (unpaired) electrons. The Morgan fingerprint density at radius 1 is 1.05 bits per heavy atom. The van der Waals surface area contributed by atoms with Crippen molar-refractivity contribution in [3.8, 4) is 0 Å². The molecule has 0 amide bonds. The fourth-order valence-corrected chi connectivity index (χ4v) is 1.82. The number of halogens is 1. The summed E-state index contributed by atoms with van der Waals surface area (Å²) in [5.74, 6) is -1.72. The molecule has 116 valence electrons. The third-order valence-electron chi connectivity index (χ3n) is 2.48. The maximum absolute atomic E-state index is 12.0. The minimum atomic E-state index is -1.02. The van der Waals surface area contributed by atoms with E-state index in [2.05, 4.69) is 0 Å². The number of alkyl halides is 1. The van der Waals surface area contributed by atoms with E-state index in [1.54, 1.807) is 33.8 Å². The number of carbonyl (C=O) groups excluding carboxylic acids is 2. The van der Waals surface area contributed by atoms with Crippen molar-refractivity contribution in [3.63, 3.8) is 0 Å². The lowest BCUT2D eigenvalue weighted by atomic mass is 10.0. The van der Waals surface area contributed by atoms with Crippen LogP contribution in [0.25, 0.3) is 0 Å². The topological polar surface area (TPSA) is 52.6 Å². The minimum Gasteiger partial charge on any atom is -0.462 e. The predicted molar refractivity (Wildman–Crippen MR) is 79.7 cm³/mol. The fraction of sp³-hybridized carbons (Fsp3) is 0.733. The third-order valence-corrected chi connectivity index (χ3v) is 2.67. The largest absolute Gasteiger partial charge is 0.462 e. The smallest absolute Gasteiger partial charge is 0.324 e. The molecule has 0 bridgehead atoms. The summed E-state index contributed by atoms with van der Waals surface area (Å²) >= 11 is 5.71. The van der Waals surface area contributed by atoms with Gasteiger partial charge in [-0.25, -0.2) is 0 Å². The number of hydrogen-bond donors (Lipinski definition) is 0. The second kappa shape index (κ2) is 9.81. The highest BCUT2D eigenvalue weighted by molar-refractivity contribution is 6.18. The zero-order valence-electron chi connectivity index (χ0n) is 12.9. The highest BCUT2D eigenvalue weighted by atomic mass is 35.5. The number of carbonyl (C=O) groups is 2. The molecule has 0 saturated heterocycles. The fourth-order valence-electron chi connectivity index (χ4n) is 1.58. The predicted octanol–water partition coefficient (Wildman–Crippen LogP) is 3.47. The molecule has 0 saturated carbocycles. The summed E-state index contributed by atoms with van der Waals surface area (Å²) in [6.07, 6.45) is 2.44. The van der Waals surface area contributed by atoms with E-state index in [0.29, 0.717) is 12.3 Å². The minimum absolute atomic E-state index is 0.275. The van der Waals surface area contributed by atoms with Crippen molar-refractivity contribution < 1.29 is 19.1 Å². The van der Waals surface area contributed by atoms with E-state index < -0.39 is 17.9 Å². The van der Waals surface area contributed by atoms with Gasteiger partial charge in [0.05, 0.1) is 12.2 Å². The van der Waals surface area contributed by atoms with Crippen LogP contribution in [0.5, 0.6) is 0 Å². The zero-order valence-corrected chi connectivity index (χ0v) is 13.7. The molecule has 0 unspecified atom stereocenters. The number of esters is 2. The van der Waals surface area contributed by atoms with E-state index in [1.165, 1.54) is 0 Å². The van der Waals surface area contributed by atoms with Crippen LogP contribution >= 0.6 is 11.6 Å². The first-order chi connectivity index (χ1) is 9.31. The van der Waals surface area contributed by atoms with Gasteiger partial charge in [0.2, 0.25) is 0 Å². The molecule has 0 atom stereocenters. The molecule has 5 heteroatoms. The molecule has 0 aromatic heterocycles. The van der Waals surface area contributed by atoms with Gasteiger partial charge in [-0.1, -0.05) is 18.6 Å². The van der Waals surface area contributed by atoms with Crippen LogP contribution in [0.4, 0.5) is 0 Å². The van der Waals surface area contributed by atoms with Crippen LogP contribution in [0.3, 0.4) is 0 Å². The summed E-state index contributed by atoms with van der Waals surface area (Å²) < 4.78 is 10.2. The molecule has 0 spiro atoms. The molecule has 0 aromatic carbocycles. The zero-order chi connectivity index (χ0) is 15.7. The van der Waals surface area contributed by atoms with Crippen LogP contribution in [0, 0.1) is 5.92 Å². The van der Waals surface area contributed by atoms with E-state index in [9.17, 15) is 9.59 Å². The lowest BCUT2D eigenvalue weighted by Gasteiger charge is -2.17. The maximum atomic E-state index is 12.0. The first-order valence-corrected chi connectivity index (χ1v) is 7.51. The van der Waals surface area contributed by atoms with Crippen molar-refractivity contribution >= 4 is 23.5 Å². The first-order valence-electron chi connectivity index (χ1n) is 6.98. The van der Waals surface area contributed by atoms with Crippen LogP contribution in [0.2, 0.25) is 0 Å². The molecule has 0 N–H and O–H groups in total. The summed E-state index contributed by atoms with van der Waals surface area (Å²) in [5, 5.41) is 0. The first kappa shape index (κ1) is 19.0. The molecule has 0 aliphatic heterocycles. The normalized spacial score (nSPS) is 12.2. The van der Waals surface area contributed by atoms with Gasteiger partial charge in [0.25, 0.3) is 0 Å². The van der Waals surface area contributed by atoms with E-state index in [-0.39, 0.29) is 12.2 Å². The Morgan fingerprint density at radius 2 is 1.50 bits per heavy atom. The summed E-state index contributed by atoms with van der Waals surface area (Å²) in [4.78, 5) is 24.1. The van der Waals surface area contributed by atoms with E-state index in [1.807, 2.05) is 6.92 Å². The van der Waals surface area contributed by atoms with Gasteiger partial charge in [-0.05, 0) is 40.5 Å². The van der Waals surface area contributed by atoms with Crippen molar-refractivity contribution in [2.75, 3.05) is 5.88 Å². The van der Waals surface area contributed by atoms with Crippen molar-refractivity contribution in [3.05, 3.63) is 11.6 Å².